The second kappa shape index (κ2) is 6.77. The van der Waals surface area contributed by atoms with Gasteiger partial charge in [0.25, 0.3) is 0 Å². The summed E-state index contributed by atoms with van der Waals surface area (Å²) in [4.78, 5) is 2.30. The molecule has 6 heteroatoms. The van der Waals surface area contributed by atoms with Crippen LogP contribution < -0.4 is 5.73 Å². The Bertz CT molecular complexity index is 485. The topological polar surface area (TPSA) is 29.3 Å². The molecule has 1 aliphatic rings. The van der Waals surface area contributed by atoms with Gasteiger partial charge in [-0.15, -0.1) is 12.4 Å². The molecule has 1 heterocycles. The van der Waals surface area contributed by atoms with Gasteiger partial charge in [0.05, 0.1) is 5.56 Å². The predicted octanol–water partition coefficient (Wildman–Crippen LogP) is 4.25. The molecule has 126 valence electrons. The van der Waals surface area contributed by atoms with Crippen molar-refractivity contribution in [2.75, 3.05) is 13.1 Å². The molecule has 1 aromatic carbocycles. The van der Waals surface area contributed by atoms with Crippen molar-refractivity contribution in [3.05, 3.63) is 35.4 Å². The molecule has 1 fully saturated rings. The number of hydrogen-bond acceptors (Lipinski definition) is 2. The van der Waals surface area contributed by atoms with E-state index in [4.69, 9.17) is 5.73 Å². The van der Waals surface area contributed by atoms with Crippen LogP contribution in [-0.2, 0) is 6.18 Å². The zero-order valence-electron chi connectivity index (χ0n) is 13.2. The average molecular weight is 337 g/mol. The molecule has 2 rings (SSSR count). The second-order valence-corrected chi connectivity index (χ2v) is 6.65. The van der Waals surface area contributed by atoms with Crippen molar-refractivity contribution in [1.82, 2.24) is 4.90 Å². The molecule has 2 N–H and O–H groups in total. The Balaban J connectivity index is 0.00000242. The molecule has 0 bridgehead atoms. The molecule has 2 atom stereocenters. The van der Waals surface area contributed by atoms with E-state index >= 15 is 0 Å². The van der Waals surface area contributed by atoms with Gasteiger partial charge in [-0.05, 0) is 36.5 Å². The highest BCUT2D eigenvalue weighted by Crippen LogP contribution is 2.34. The Morgan fingerprint density at radius 1 is 1.23 bits per heavy atom. The lowest BCUT2D eigenvalue weighted by Gasteiger charge is -2.45. The summed E-state index contributed by atoms with van der Waals surface area (Å²) in [6, 6.07) is 5.75. The Morgan fingerprint density at radius 2 is 1.77 bits per heavy atom. The van der Waals surface area contributed by atoms with Crippen LogP contribution in [0.25, 0.3) is 0 Å². The number of likely N-dealkylation sites (tertiary alicyclic amines) is 1. The zero-order valence-corrected chi connectivity index (χ0v) is 14.0. The van der Waals surface area contributed by atoms with Gasteiger partial charge in [-0.2, -0.15) is 13.2 Å². The molecule has 0 saturated carbocycles. The SMILES string of the molecule is CC(c1ccc(C(F)(F)F)cc1)N1CCC(N)C(C)(C)C1.Cl. The number of alkyl halides is 3. The van der Waals surface area contributed by atoms with E-state index in [9.17, 15) is 13.2 Å². The fourth-order valence-electron chi connectivity index (χ4n) is 2.91. The number of nitrogens with zero attached hydrogens (tertiary/aromatic N) is 1. The quantitative estimate of drug-likeness (QED) is 0.875. The first-order valence-electron chi connectivity index (χ1n) is 7.28. The van der Waals surface area contributed by atoms with Gasteiger partial charge in [-0.3, -0.25) is 4.90 Å². The Kier molecular flexibility index (Phi) is 5.93. The number of benzene rings is 1. The van der Waals surface area contributed by atoms with Crippen molar-refractivity contribution in [3.63, 3.8) is 0 Å². The van der Waals surface area contributed by atoms with Crippen LogP contribution in [0.15, 0.2) is 24.3 Å². The van der Waals surface area contributed by atoms with Crippen molar-refractivity contribution in [2.24, 2.45) is 11.1 Å². The highest BCUT2D eigenvalue weighted by molar-refractivity contribution is 5.85. The molecule has 2 nitrogen and oxygen atoms in total. The lowest BCUT2D eigenvalue weighted by Crippen LogP contribution is -2.52. The fourth-order valence-corrected chi connectivity index (χ4v) is 2.91. The van der Waals surface area contributed by atoms with Crippen molar-refractivity contribution >= 4 is 12.4 Å². The molecule has 0 amide bonds. The van der Waals surface area contributed by atoms with Gasteiger partial charge in [0, 0.05) is 25.2 Å². The lowest BCUT2D eigenvalue weighted by atomic mass is 9.79. The van der Waals surface area contributed by atoms with E-state index in [2.05, 4.69) is 18.7 Å². The van der Waals surface area contributed by atoms with Crippen molar-refractivity contribution in [2.45, 2.75) is 45.5 Å². The van der Waals surface area contributed by atoms with Crippen molar-refractivity contribution < 1.29 is 13.2 Å². The van der Waals surface area contributed by atoms with E-state index in [1.54, 1.807) is 12.1 Å². The summed E-state index contributed by atoms with van der Waals surface area (Å²) in [6.45, 7) is 8.06. The minimum atomic E-state index is -4.28. The maximum Gasteiger partial charge on any atom is 0.416 e. The van der Waals surface area contributed by atoms with E-state index in [-0.39, 0.29) is 29.9 Å². The zero-order chi connectivity index (χ0) is 15.8. The van der Waals surface area contributed by atoms with Gasteiger partial charge >= 0.3 is 6.18 Å². The Morgan fingerprint density at radius 3 is 2.23 bits per heavy atom. The van der Waals surface area contributed by atoms with Gasteiger partial charge in [0.2, 0.25) is 0 Å². The molecular formula is C16H24ClF3N2. The molecule has 22 heavy (non-hydrogen) atoms. The van der Waals surface area contributed by atoms with E-state index < -0.39 is 11.7 Å². The third-order valence-electron chi connectivity index (χ3n) is 4.61. The molecule has 0 spiro atoms. The van der Waals surface area contributed by atoms with Crippen LogP contribution in [0.5, 0.6) is 0 Å². The molecule has 0 aliphatic carbocycles. The third kappa shape index (κ3) is 4.15. The first-order chi connectivity index (χ1) is 9.61. The third-order valence-corrected chi connectivity index (χ3v) is 4.61. The predicted molar refractivity (Wildman–Crippen MR) is 85.1 cm³/mol. The number of nitrogens with two attached hydrogens (primary N) is 1. The first kappa shape index (κ1) is 19.3. The fraction of sp³-hybridized carbons (Fsp3) is 0.625. The largest absolute Gasteiger partial charge is 0.416 e. The summed E-state index contributed by atoms with van der Waals surface area (Å²) in [5, 5.41) is 0. The molecule has 1 aromatic rings. The smallest absolute Gasteiger partial charge is 0.327 e. The Hall–Kier alpha value is -0.780. The summed E-state index contributed by atoms with van der Waals surface area (Å²) in [5.41, 5.74) is 6.47. The van der Waals surface area contributed by atoms with Crippen LogP contribution in [-0.4, -0.2) is 24.0 Å². The van der Waals surface area contributed by atoms with Crippen LogP contribution in [0.2, 0.25) is 0 Å². The monoisotopic (exact) mass is 336 g/mol. The van der Waals surface area contributed by atoms with Crippen molar-refractivity contribution in [1.29, 1.82) is 0 Å². The standard InChI is InChI=1S/C16H23F3N2.ClH/c1-11(21-9-8-14(20)15(2,3)10-21)12-4-6-13(7-5-12)16(17,18)19;/h4-7,11,14H,8-10,20H2,1-3H3;1H. The maximum atomic E-state index is 12.6. The van der Waals surface area contributed by atoms with Gasteiger partial charge < -0.3 is 5.73 Å². The number of rotatable bonds is 2. The first-order valence-corrected chi connectivity index (χ1v) is 7.28. The molecule has 2 unspecified atom stereocenters. The summed E-state index contributed by atoms with van der Waals surface area (Å²) in [6.07, 6.45) is -3.36. The molecule has 1 aliphatic heterocycles. The number of halogens is 4. The van der Waals surface area contributed by atoms with Crippen molar-refractivity contribution in [3.8, 4) is 0 Å². The van der Waals surface area contributed by atoms with E-state index in [1.807, 2.05) is 6.92 Å². The highest BCUT2D eigenvalue weighted by Gasteiger charge is 2.35. The van der Waals surface area contributed by atoms with Crippen LogP contribution in [0.1, 0.15) is 44.4 Å². The van der Waals surface area contributed by atoms with Crippen LogP contribution in [0.4, 0.5) is 13.2 Å². The van der Waals surface area contributed by atoms with Gasteiger partial charge in [-0.1, -0.05) is 26.0 Å². The molecular weight excluding hydrogens is 313 g/mol. The van der Waals surface area contributed by atoms with E-state index in [1.165, 1.54) is 0 Å². The summed E-state index contributed by atoms with van der Waals surface area (Å²) in [7, 11) is 0. The summed E-state index contributed by atoms with van der Waals surface area (Å²) < 4.78 is 37.8. The van der Waals surface area contributed by atoms with Gasteiger partial charge in [0.15, 0.2) is 0 Å². The second-order valence-electron chi connectivity index (χ2n) is 6.65. The average Bonchev–Trinajstić information content (AvgIpc) is 2.40. The van der Waals surface area contributed by atoms with E-state index in [0.29, 0.717) is 0 Å². The summed E-state index contributed by atoms with van der Waals surface area (Å²) >= 11 is 0. The normalized spacial score (nSPS) is 23.7. The summed E-state index contributed by atoms with van der Waals surface area (Å²) in [5.74, 6) is 0. The molecule has 1 saturated heterocycles. The van der Waals surface area contributed by atoms with Crippen LogP contribution in [0.3, 0.4) is 0 Å². The molecule has 0 aromatic heterocycles. The number of piperidine rings is 1. The minimum absolute atomic E-state index is 0. The lowest BCUT2D eigenvalue weighted by molar-refractivity contribution is -0.137. The maximum absolute atomic E-state index is 12.6. The van der Waals surface area contributed by atoms with Gasteiger partial charge in [0.1, 0.15) is 0 Å². The van der Waals surface area contributed by atoms with Crippen LogP contribution >= 0.6 is 12.4 Å². The highest BCUT2D eigenvalue weighted by atomic mass is 35.5. The number of hydrogen-bond donors (Lipinski definition) is 1. The van der Waals surface area contributed by atoms with E-state index in [0.717, 1.165) is 37.2 Å². The molecule has 0 radical (unpaired) electrons. The minimum Gasteiger partial charge on any atom is -0.327 e. The van der Waals surface area contributed by atoms with Crippen LogP contribution in [0, 0.1) is 5.41 Å². The Labute approximate surface area is 136 Å². The van der Waals surface area contributed by atoms with Gasteiger partial charge in [-0.25, -0.2) is 0 Å².